The fourth-order valence-electron chi connectivity index (χ4n) is 3.37. The molecule has 5 heteroatoms. The zero-order valence-electron chi connectivity index (χ0n) is 11.6. The smallest absolute Gasteiger partial charge is 0.160 e. The first-order chi connectivity index (χ1) is 9.92. The zero-order valence-corrected chi connectivity index (χ0v) is 11.6. The molecule has 2 unspecified atom stereocenters. The quantitative estimate of drug-likeness (QED) is 0.924. The van der Waals surface area contributed by atoms with Crippen LogP contribution in [0.25, 0.3) is 11.2 Å². The lowest BCUT2D eigenvalue weighted by Gasteiger charge is -2.16. The molecule has 2 fully saturated rings. The number of fused-ring (bicyclic) bond motifs is 1. The maximum Gasteiger partial charge on any atom is 0.160 e. The van der Waals surface area contributed by atoms with Crippen LogP contribution in [0.1, 0.15) is 31.1 Å². The lowest BCUT2D eigenvalue weighted by molar-refractivity contribution is 0.109. The van der Waals surface area contributed by atoms with Crippen molar-refractivity contribution in [1.29, 1.82) is 0 Å². The highest BCUT2D eigenvalue weighted by Crippen LogP contribution is 2.26. The molecule has 2 saturated heterocycles. The van der Waals surface area contributed by atoms with E-state index in [1.54, 1.807) is 0 Å². The normalized spacial score (nSPS) is 26.6. The van der Waals surface area contributed by atoms with E-state index in [0.29, 0.717) is 12.1 Å². The van der Waals surface area contributed by atoms with E-state index in [9.17, 15) is 0 Å². The maximum atomic E-state index is 5.78. The second-order valence-corrected chi connectivity index (χ2v) is 5.73. The van der Waals surface area contributed by atoms with Crippen LogP contribution in [0.3, 0.4) is 0 Å². The largest absolute Gasteiger partial charge is 0.378 e. The summed E-state index contributed by atoms with van der Waals surface area (Å²) in [6, 6.07) is 4.49. The van der Waals surface area contributed by atoms with Gasteiger partial charge in [-0.2, -0.15) is 0 Å². The molecule has 2 aliphatic rings. The van der Waals surface area contributed by atoms with Gasteiger partial charge in [0.1, 0.15) is 11.3 Å². The molecule has 5 nitrogen and oxygen atoms in total. The van der Waals surface area contributed by atoms with E-state index in [2.05, 4.69) is 20.9 Å². The summed E-state index contributed by atoms with van der Waals surface area (Å²) in [6.45, 7) is 2.99. The van der Waals surface area contributed by atoms with Crippen molar-refractivity contribution in [2.45, 2.75) is 37.8 Å². The van der Waals surface area contributed by atoms with E-state index in [0.717, 1.165) is 55.9 Å². The number of aromatic nitrogens is 3. The average molecular weight is 272 g/mol. The minimum atomic E-state index is 0.333. The Labute approximate surface area is 118 Å². The Kier molecular flexibility index (Phi) is 3.16. The van der Waals surface area contributed by atoms with Crippen molar-refractivity contribution in [2.75, 3.05) is 19.7 Å². The van der Waals surface area contributed by atoms with E-state index in [1.165, 1.54) is 6.42 Å². The van der Waals surface area contributed by atoms with E-state index in [4.69, 9.17) is 9.72 Å². The van der Waals surface area contributed by atoms with Crippen molar-refractivity contribution in [2.24, 2.45) is 0 Å². The molecule has 0 aromatic carbocycles. The third kappa shape index (κ3) is 2.11. The van der Waals surface area contributed by atoms with E-state index in [-0.39, 0.29) is 0 Å². The highest BCUT2D eigenvalue weighted by atomic mass is 16.5. The summed E-state index contributed by atoms with van der Waals surface area (Å²) in [6.07, 6.45) is 6.58. The number of hydrogen-bond acceptors (Lipinski definition) is 4. The van der Waals surface area contributed by atoms with Gasteiger partial charge in [0.25, 0.3) is 0 Å². The zero-order chi connectivity index (χ0) is 13.4. The van der Waals surface area contributed by atoms with Crippen LogP contribution in [-0.2, 0) is 11.2 Å². The van der Waals surface area contributed by atoms with Crippen LogP contribution in [0, 0.1) is 0 Å². The first-order valence-electron chi connectivity index (χ1n) is 7.56. The van der Waals surface area contributed by atoms with Crippen LogP contribution in [0.5, 0.6) is 0 Å². The summed E-state index contributed by atoms with van der Waals surface area (Å²) in [5.74, 6) is 1.14. The van der Waals surface area contributed by atoms with E-state index < -0.39 is 0 Å². The molecule has 4 rings (SSSR count). The second kappa shape index (κ2) is 5.14. The Morgan fingerprint density at radius 3 is 3.20 bits per heavy atom. The van der Waals surface area contributed by atoms with Crippen LogP contribution in [0.4, 0.5) is 0 Å². The number of ether oxygens (including phenoxy) is 1. The summed E-state index contributed by atoms with van der Waals surface area (Å²) in [7, 11) is 0. The molecule has 106 valence electrons. The minimum absolute atomic E-state index is 0.333. The van der Waals surface area contributed by atoms with Gasteiger partial charge < -0.3 is 14.6 Å². The summed E-state index contributed by atoms with van der Waals surface area (Å²) < 4.78 is 8.13. The molecule has 2 aliphatic heterocycles. The number of imidazole rings is 1. The molecule has 0 aliphatic carbocycles. The predicted molar refractivity (Wildman–Crippen MR) is 76.7 cm³/mol. The number of rotatable bonds is 3. The van der Waals surface area contributed by atoms with Crippen molar-refractivity contribution >= 4 is 11.2 Å². The van der Waals surface area contributed by atoms with Gasteiger partial charge in [0.15, 0.2) is 5.65 Å². The van der Waals surface area contributed by atoms with Crippen LogP contribution < -0.4 is 5.32 Å². The number of nitrogens with zero attached hydrogens (tertiary/aromatic N) is 3. The fraction of sp³-hybridized carbons (Fsp3) is 0.600. The molecule has 0 spiro atoms. The second-order valence-electron chi connectivity index (χ2n) is 5.73. The predicted octanol–water partition coefficient (Wildman–Crippen LogP) is 1.69. The van der Waals surface area contributed by atoms with Gasteiger partial charge in [-0.15, -0.1) is 0 Å². The van der Waals surface area contributed by atoms with Crippen molar-refractivity contribution in [3.63, 3.8) is 0 Å². The van der Waals surface area contributed by atoms with E-state index >= 15 is 0 Å². The van der Waals surface area contributed by atoms with Gasteiger partial charge in [-0.25, -0.2) is 9.97 Å². The Hall–Kier alpha value is -1.46. The van der Waals surface area contributed by atoms with Gasteiger partial charge in [-0.3, -0.25) is 0 Å². The summed E-state index contributed by atoms with van der Waals surface area (Å²) in [5.41, 5.74) is 2.03. The molecule has 1 N–H and O–H groups in total. The van der Waals surface area contributed by atoms with Crippen LogP contribution in [0.15, 0.2) is 18.3 Å². The average Bonchev–Trinajstić information content (AvgIpc) is 3.18. The van der Waals surface area contributed by atoms with Crippen molar-refractivity contribution in [3.05, 3.63) is 24.2 Å². The Morgan fingerprint density at radius 2 is 2.40 bits per heavy atom. The third-order valence-corrected chi connectivity index (χ3v) is 4.36. The molecule has 20 heavy (non-hydrogen) atoms. The molecule has 0 saturated carbocycles. The van der Waals surface area contributed by atoms with Gasteiger partial charge >= 0.3 is 0 Å². The third-order valence-electron chi connectivity index (χ3n) is 4.36. The number of nitrogens with one attached hydrogen (secondary N) is 1. The summed E-state index contributed by atoms with van der Waals surface area (Å²) >= 11 is 0. The molecule has 2 aromatic heterocycles. The first kappa shape index (κ1) is 12.3. The molecule has 2 aromatic rings. The van der Waals surface area contributed by atoms with Crippen molar-refractivity contribution < 1.29 is 4.74 Å². The van der Waals surface area contributed by atoms with Crippen molar-refractivity contribution in [3.8, 4) is 0 Å². The van der Waals surface area contributed by atoms with Crippen LogP contribution in [-0.4, -0.2) is 40.3 Å². The summed E-state index contributed by atoms with van der Waals surface area (Å²) in [4.78, 5) is 9.37. The Morgan fingerprint density at radius 1 is 1.40 bits per heavy atom. The molecule has 0 bridgehead atoms. The highest BCUT2D eigenvalue weighted by Gasteiger charge is 2.25. The molecule has 0 amide bonds. The highest BCUT2D eigenvalue weighted by molar-refractivity contribution is 5.71. The maximum absolute atomic E-state index is 5.78. The van der Waals surface area contributed by atoms with Gasteiger partial charge in [0.05, 0.1) is 12.1 Å². The molecule has 0 radical (unpaired) electrons. The van der Waals surface area contributed by atoms with Gasteiger partial charge in [-0.05, 0) is 37.9 Å². The number of hydrogen-bond donors (Lipinski definition) is 1. The molecule has 4 heterocycles. The Bertz CT molecular complexity index is 597. The van der Waals surface area contributed by atoms with Crippen LogP contribution in [0.2, 0.25) is 0 Å². The standard InChI is InChI=1S/C15H20N4O/c1-4-13-15(17-6-1)19(11-5-7-16-10-11)14(18-13)9-12-3-2-8-20-12/h1,4,6,11-12,16H,2-3,5,7-10H2. The van der Waals surface area contributed by atoms with Gasteiger partial charge in [0, 0.05) is 25.8 Å². The fourth-order valence-corrected chi connectivity index (χ4v) is 3.37. The molecular weight excluding hydrogens is 252 g/mol. The van der Waals surface area contributed by atoms with Crippen molar-refractivity contribution in [1.82, 2.24) is 19.9 Å². The monoisotopic (exact) mass is 272 g/mol. The molecular formula is C15H20N4O. The first-order valence-corrected chi connectivity index (χ1v) is 7.56. The van der Waals surface area contributed by atoms with E-state index in [1.807, 2.05) is 12.3 Å². The minimum Gasteiger partial charge on any atom is -0.378 e. The van der Waals surface area contributed by atoms with Crippen LogP contribution >= 0.6 is 0 Å². The lowest BCUT2D eigenvalue weighted by atomic mass is 10.1. The van der Waals surface area contributed by atoms with Gasteiger partial charge in [-0.1, -0.05) is 0 Å². The topological polar surface area (TPSA) is 52.0 Å². The Balaban J connectivity index is 1.74. The molecule has 2 atom stereocenters. The lowest BCUT2D eigenvalue weighted by Crippen LogP contribution is -2.19. The van der Waals surface area contributed by atoms with Gasteiger partial charge in [0.2, 0.25) is 0 Å². The SMILES string of the molecule is c1cnc2c(c1)nc(CC1CCCO1)n2C1CCNC1. The number of pyridine rings is 1. The summed E-state index contributed by atoms with van der Waals surface area (Å²) in [5, 5.41) is 3.44.